The van der Waals surface area contributed by atoms with Crippen molar-refractivity contribution in [1.29, 1.82) is 0 Å². The molecule has 0 radical (unpaired) electrons. The van der Waals surface area contributed by atoms with Gasteiger partial charge in [-0.3, -0.25) is 9.59 Å². The first-order chi connectivity index (χ1) is 16.1. The van der Waals surface area contributed by atoms with Gasteiger partial charge in [0.25, 0.3) is 11.8 Å². The Balaban J connectivity index is 1.57. The van der Waals surface area contributed by atoms with Gasteiger partial charge in [-0.05, 0) is 49.6 Å². The minimum Gasteiger partial charge on any atom is -0.494 e. The first kappa shape index (κ1) is 22.6. The zero-order valence-corrected chi connectivity index (χ0v) is 18.9. The Labute approximate surface area is 194 Å². The molecule has 1 aliphatic rings. The number of carbonyl (C=O) groups is 2. The van der Waals surface area contributed by atoms with Crippen LogP contribution in [0.2, 0.25) is 0 Å². The van der Waals surface area contributed by atoms with E-state index in [1.165, 1.54) is 11.1 Å². The van der Waals surface area contributed by atoms with Gasteiger partial charge in [-0.2, -0.15) is 5.10 Å². The molecule has 0 atom stereocenters. The van der Waals surface area contributed by atoms with Crippen LogP contribution >= 0.6 is 0 Å². The lowest BCUT2D eigenvalue weighted by molar-refractivity contribution is 0.0918. The van der Waals surface area contributed by atoms with Gasteiger partial charge in [0.1, 0.15) is 11.4 Å². The number of aromatic nitrogens is 2. The minimum absolute atomic E-state index is 0.158. The summed E-state index contributed by atoms with van der Waals surface area (Å²) >= 11 is 0. The van der Waals surface area contributed by atoms with Crippen LogP contribution < -0.4 is 15.4 Å². The summed E-state index contributed by atoms with van der Waals surface area (Å²) in [4.78, 5) is 26.0. The smallest absolute Gasteiger partial charge is 0.272 e. The number of hydrogen-bond donors (Lipinski definition) is 2. The molecule has 2 aromatic carbocycles. The van der Waals surface area contributed by atoms with E-state index in [1.807, 2.05) is 61.5 Å². The van der Waals surface area contributed by atoms with E-state index >= 15 is 0 Å². The van der Waals surface area contributed by atoms with Crippen molar-refractivity contribution in [2.24, 2.45) is 0 Å². The summed E-state index contributed by atoms with van der Waals surface area (Å²) in [5.41, 5.74) is 2.23. The molecule has 0 unspecified atom stereocenters. The summed E-state index contributed by atoms with van der Waals surface area (Å²) in [6.07, 6.45) is 5.41. The second-order valence-corrected chi connectivity index (χ2v) is 8.23. The maximum absolute atomic E-state index is 13.2. The first-order valence-corrected chi connectivity index (χ1v) is 11.6. The Morgan fingerprint density at radius 1 is 1.00 bits per heavy atom. The Kier molecular flexibility index (Phi) is 7.40. The van der Waals surface area contributed by atoms with Crippen LogP contribution in [-0.2, 0) is 6.54 Å². The Bertz CT molecular complexity index is 1070. The van der Waals surface area contributed by atoms with E-state index in [2.05, 4.69) is 15.7 Å². The molecule has 7 nitrogen and oxygen atoms in total. The van der Waals surface area contributed by atoms with E-state index in [9.17, 15) is 9.59 Å². The lowest BCUT2D eigenvalue weighted by atomic mass is 9.95. The molecule has 1 fully saturated rings. The topological polar surface area (TPSA) is 85.2 Å². The van der Waals surface area contributed by atoms with Crippen molar-refractivity contribution < 1.29 is 14.3 Å². The maximum atomic E-state index is 13.2. The van der Waals surface area contributed by atoms with Crippen LogP contribution in [0.5, 0.6) is 5.75 Å². The molecule has 4 rings (SSSR count). The highest BCUT2D eigenvalue weighted by Crippen LogP contribution is 2.20. The summed E-state index contributed by atoms with van der Waals surface area (Å²) in [6.45, 7) is 2.89. The molecule has 0 spiro atoms. The van der Waals surface area contributed by atoms with Crippen LogP contribution in [0.1, 0.15) is 65.6 Å². The van der Waals surface area contributed by atoms with Gasteiger partial charge in [0.05, 0.1) is 12.3 Å². The Morgan fingerprint density at radius 3 is 2.42 bits per heavy atom. The number of nitrogens with zero attached hydrogens (tertiary/aromatic N) is 2. The van der Waals surface area contributed by atoms with Crippen molar-refractivity contribution in [3.63, 3.8) is 0 Å². The molecule has 2 amide bonds. The van der Waals surface area contributed by atoms with Crippen LogP contribution in [0.3, 0.4) is 0 Å². The highest BCUT2D eigenvalue weighted by molar-refractivity contribution is 5.98. The monoisotopic (exact) mass is 446 g/mol. The second kappa shape index (κ2) is 10.8. The number of benzene rings is 2. The molecule has 0 saturated heterocycles. The summed E-state index contributed by atoms with van der Waals surface area (Å²) in [7, 11) is 0. The zero-order chi connectivity index (χ0) is 23.0. The van der Waals surface area contributed by atoms with Crippen LogP contribution in [0.15, 0.2) is 60.7 Å². The molecule has 2 N–H and O–H groups in total. The standard InChI is InChI=1S/C26H30N4O3/c1-2-33-22-15-13-21(14-16-22)30-24(26(32)28-20-11-7-4-8-12-20)17-23(29-30)25(31)27-18-19-9-5-3-6-10-19/h3,5-6,9-10,13-17,20H,2,4,7-8,11-12,18H2,1H3,(H,27,31)(H,28,32). The average molecular weight is 447 g/mol. The predicted molar refractivity (Wildman–Crippen MR) is 127 cm³/mol. The van der Waals surface area contributed by atoms with E-state index in [-0.39, 0.29) is 23.6 Å². The molecule has 33 heavy (non-hydrogen) atoms. The number of ether oxygens (including phenoxy) is 1. The zero-order valence-electron chi connectivity index (χ0n) is 18.9. The molecule has 3 aromatic rings. The number of hydrogen-bond acceptors (Lipinski definition) is 4. The van der Waals surface area contributed by atoms with Gasteiger partial charge in [-0.1, -0.05) is 49.6 Å². The van der Waals surface area contributed by atoms with Crippen molar-refractivity contribution in [2.75, 3.05) is 6.61 Å². The molecular weight excluding hydrogens is 416 g/mol. The fourth-order valence-electron chi connectivity index (χ4n) is 4.08. The van der Waals surface area contributed by atoms with E-state index in [1.54, 1.807) is 6.07 Å². The van der Waals surface area contributed by atoms with Crippen molar-refractivity contribution in [3.05, 3.63) is 77.6 Å². The summed E-state index contributed by atoms with van der Waals surface area (Å²) in [5, 5.41) is 10.5. The summed E-state index contributed by atoms with van der Waals surface area (Å²) in [6, 6.07) is 18.7. The molecule has 1 aromatic heterocycles. The van der Waals surface area contributed by atoms with Gasteiger partial charge in [0.2, 0.25) is 0 Å². The number of amides is 2. The molecule has 1 aliphatic carbocycles. The molecular formula is C26H30N4O3. The van der Waals surface area contributed by atoms with Gasteiger partial charge >= 0.3 is 0 Å². The number of nitrogens with one attached hydrogen (secondary N) is 2. The van der Waals surface area contributed by atoms with Gasteiger partial charge in [-0.25, -0.2) is 4.68 Å². The van der Waals surface area contributed by atoms with Gasteiger partial charge in [0, 0.05) is 18.7 Å². The lowest BCUT2D eigenvalue weighted by Gasteiger charge is -2.22. The van der Waals surface area contributed by atoms with Gasteiger partial charge in [-0.15, -0.1) is 0 Å². The SMILES string of the molecule is CCOc1ccc(-n2nc(C(=O)NCc3ccccc3)cc2C(=O)NC2CCCCC2)cc1. The Morgan fingerprint density at radius 2 is 1.73 bits per heavy atom. The van der Waals surface area contributed by atoms with Crippen molar-refractivity contribution in [3.8, 4) is 11.4 Å². The third-order valence-electron chi connectivity index (χ3n) is 5.80. The third-order valence-corrected chi connectivity index (χ3v) is 5.80. The number of rotatable bonds is 8. The van der Waals surface area contributed by atoms with Crippen LogP contribution in [0, 0.1) is 0 Å². The van der Waals surface area contributed by atoms with E-state index < -0.39 is 0 Å². The molecule has 172 valence electrons. The molecule has 1 heterocycles. The van der Waals surface area contributed by atoms with E-state index in [4.69, 9.17) is 4.74 Å². The lowest BCUT2D eigenvalue weighted by Crippen LogP contribution is -2.37. The van der Waals surface area contributed by atoms with Gasteiger partial charge in [0.15, 0.2) is 5.69 Å². The fraction of sp³-hybridized carbons (Fsp3) is 0.346. The maximum Gasteiger partial charge on any atom is 0.272 e. The highest BCUT2D eigenvalue weighted by atomic mass is 16.5. The fourth-order valence-corrected chi connectivity index (χ4v) is 4.08. The first-order valence-electron chi connectivity index (χ1n) is 11.6. The predicted octanol–water partition coefficient (Wildman–Crippen LogP) is 4.26. The minimum atomic E-state index is -0.324. The third kappa shape index (κ3) is 5.80. The second-order valence-electron chi connectivity index (χ2n) is 8.23. The molecule has 0 aliphatic heterocycles. The molecule has 7 heteroatoms. The molecule has 1 saturated carbocycles. The van der Waals surface area contributed by atoms with Crippen molar-refractivity contribution in [2.45, 2.75) is 51.6 Å². The van der Waals surface area contributed by atoms with Crippen LogP contribution in [0.4, 0.5) is 0 Å². The van der Waals surface area contributed by atoms with Crippen LogP contribution in [0.25, 0.3) is 5.69 Å². The van der Waals surface area contributed by atoms with Gasteiger partial charge < -0.3 is 15.4 Å². The summed E-state index contributed by atoms with van der Waals surface area (Å²) in [5.74, 6) is 0.197. The summed E-state index contributed by atoms with van der Waals surface area (Å²) < 4.78 is 7.05. The van der Waals surface area contributed by atoms with Crippen molar-refractivity contribution >= 4 is 11.8 Å². The average Bonchev–Trinajstić information content (AvgIpc) is 3.30. The van der Waals surface area contributed by atoms with Crippen LogP contribution in [-0.4, -0.2) is 34.2 Å². The quantitative estimate of drug-likeness (QED) is 0.541. The normalized spacial score (nSPS) is 14.0. The highest BCUT2D eigenvalue weighted by Gasteiger charge is 2.23. The van der Waals surface area contributed by atoms with E-state index in [0.717, 1.165) is 37.0 Å². The van der Waals surface area contributed by atoms with Crippen molar-refractivity contribution in [1.82, 2.24) is 20.4 Å². The largest absolute Gasteiger partial charge is 0.494 e. The Hall–Kier alpha value is -3.61. The number of carbonyl (C=O) groups excluding carboxylic acids is 2. The van der Waals surface area contributed by atoms with E-state index in [0.29, 0.717) is 24.5 Å². The molecule has 0 bridgehead atoms.